The highest BCUT2D eigenvalue weighted by Crippen LogP contribution is 2.29. The number of nitrogens with one attached hydrogen (secondary N) is 1. The summed E-state index contributed by atoms with van der Waals surface area (Å²) in [6.07, 6.45) is 1.12. The number of hydrogen-bond acceptors (Lipinski definition) is 2. The first-order chi connectivity index (χ1) is 12.2. The van der Waals surface area contributed by atoms with Crippen molar-refractivity contribution in [3.63, 3.8) is 0 Å². The van der Waals surface area contributed by atoms with Crippen molar-refractivity contribution in [1.29, 1.82) is 0 Å². The number of rotatable bonds is 7. The van der Waals surface area contributed by atoms with E-state index in [0.29, 0.717) is 12.6 Å². The minimum Gasteiger partial charge on any atom is -0.489 e. The second kappa shape index (κ2) is 8.17. The fraction of sp³-hybridized carbons (Fsp3) is 0.304. The van der Waals surface area contributed by atoms with E-state index in [1.807, 2.05) is 0 Å². The fourth-order valence-electron chi connectivity index (χ4n) is 2.90. The molecule has 1 N–H and O–H groups in total. The first kappa shape index (κ1) is 17.5. The van der Waals surface area contributed by atoms with Crippen LogP contribution in [0, 0.1) is 6.92 Å². The molecule has 3 rings (SSSR count). The van der Waals surface area contributed by atoms with E-state index < -0.39 is 0 Å². The zero-order valence-corrected chi connectivity index (χ0v) is 15.4. The lowest BCUT2D eigenvalue weighted by Crippen LogP contribution is -2.24. The lowest BCUT2D eigenvalue weighted by Gasteiger charge is -2.17. The highest BCUT2D eigenvalue weighted by Gasteiger charge is 2.10. The second-order valence-electron chi connectivity index (χ2n) is 6.73. The topological polar surface area (TPSA) is 21.3 Å². The van der Waals surface area contributed by atoms with E-state index in [1.165, 1.54) is 27.5 Å². The predicted octanol–water partition coefficient (Wildman–Crippen LogP) is 5.62. The van der Waals surface area contributed by atoms with Crippen LogP contribution >= 0.6 is 0 Å². The summed E-state index contributed by atoms with van der Waals surface area (Å²) in [4.78, 5) is 0. The molecule has 0 radical (unpaired) electrons. The van der Waals surface area contributed by atoms with Crippen molar-refractivity contribution in [1.82, 2.24) is 5.32 Å². The van der Waals surface area contributed by atoms with Crippen LogP contribution in [0.1, 0.15) is 37.0 Å². The lowest BCUT2D eigenvalue weighted by molar-refractivity contribution is 0.302. The van der Waals surface area contributed by atoms with Crippen LogP contribution in [0.2, 0.25) is 0 Å². The third-order valence-corrected chi connectivity index (χ3v) is 4.75. The van der Waals surface area contributed by atoms with Crippen LogP contribution in [-0.4, -0.2) is 6.04 Å². The molecule has 0 saturated heterocycles. The van der Waals surface area contributed by atoms with Crippen molar-refractivity contribution in [2.24, 2.45) is 0 Å². The van der Waals surface area contributed by atoms with Crippen molar-refractivity contribution in [2.45, 2.75) is 46.4 Å². The van der Waals surface area contributed by atoms with E-state index in [-0.39, 0.29) is 0 Å². The molecule has 0 aliphatic rings. The van der Waals surface area contributed by atoms with Gasteiger partial charge in [0.2, 0.25) is 0 Å². The number of benzene rings is 3. The average Bonchev–Trinajstić information content (AvgIpc) is 2.65. The van der Waals surface area contributed by atoms with Crippen LogP contribution in [0.3, 0.4) is 0 Å². The van der Waals surface area contributed by atoms with E-state index in [2.05, 4.69) is 86.8 Å². The third kappa shape index (κ3) is 4.40. The lowest BCUT2D eigenvalue weighted by atomic mass is 10.0. The van der Waals surface area contributed by atoms with E-state index >= 15 is 0 Å². The summed E-state index contributed by atoms with van der Waals surface area (Å²) in [6, 6.07) is 21.8. The monoisotopic (exact) mass is 333 g/mol. The molecule has 130 valence electrons. The van der Waals surface area contributed by atoms with Gasteiger partial charge in [0.25, 0.3) is 0 Å². The Hall–Kier alpha value is -2.32. The summed E-state index contributed by atoms with van der Waals surface area (Å²) in [7, 11) is 0. The normalized spacial score (nSPS) is 12.3. The Bertz CT molecular complexity index is 823. The van der Waals surface area contributed by atoms with Crippen LogP contribution in [0.4, 0.5) is 0 Å². The molecule has 25 heavy (non-hydrogen) atoms. The van der Waals surface area contributed by atoms with Gasteiger partial charge < -0.3 is 10.1 Å². The standard InChI is InChI=1S/C23H27NO/c1-4-18(3)24-15-22-21-8-6-5-7-20(21)13-14-23(22)25-16-19-11-9-17(2)10-12-19/h5-14,18,24H,4,15-16H2,1-3H3/t18-/m1/s1. The van der Waals surface area contributed by atoms with Gasteiger partial charge in [0.15, 0.2) is 0 Å². The SMILES string of the molecule is CC[C@@H](C)NCc1c(OCc2ccc(C)cc2)ccc2ccccc12. The van der Waals surface area contributed by atoms with Crippen LogP contribution in [-0.2, 0) is 13.2 Å². The summed E-state index contributed by atoms with van der Waals surface area (Å²) in [6.45, 7) is 7.94. The Morgan fingerprint density at radius 2 is 1.72 bits per heavy atom. The smallest absolute Gasteiger partial charge is 0.124 e. The molecule has 0 bridgehead atoms. The summed E-state index contributed by atoms with van der Waals surface area (Å²) < 4.78 is 6.20. The number of fused-ring (bicyclic) bond motifs is 1. The van der Waals surface area contributed by atoms with Gasteiger partial charge in [0.05, 0.1) is 0 Å². The van der Waals surface area contributed by atoms with Gasteiger partial charge in [-0.2, -0.15) is 0 Å². The van der Waals surface area contributed by atoms with E-state index in [4.69, 9.17) is 4.74 Å². The Labute approximate surface area is 150 Å². The van der Waals surface area contributed by atoms with Gasteiger partial charge in [-0.15, -0.1) is 0 Å². The van der Waals surface area contributed by atoms with Crippen LogP contribution in [0.25, 0.3) is 10.8 Å². The highest BCUT2D eigenvalue weighted by atomic mass is 16.5. The van der Waals surface area contributed by atoms with Gasteiger partial charge in [-0.3, -0.25) is 0 Å². The largest absolute Gasteiger partial charge is 0.489 e. The zero-order chi connectivity index (χ0) is 17.6. The minimum absolute atomic E-state index is 0.490. The Kier molecular flexibility index (Phi) is 5.72. The maximum absolute atomic E-state index is 6.20. The van der Waals surface area contributed by atoms with Crippen LogP contribution < -0.4 is 10.1 Å². The summed E-state index contributed by atoms with van der Waals surface area (Å²) in [5, 5.41) is 6.13. The third-order valence-electron chi connectivity index (χ3n) is 4.75. The Morgan fingerprint density at radius 1 is 0.960 bits per heavy atom. The predicted molar refractivity (Wildman–Crippen MR) is 106 cm³/mol. The Balaban J connectivity index is 1.86. The first-order valence-corrected chi connectivity index (χ1v) is 9.09. The van der Waals surface area contributed by atoms with Gasteiger partial charge in [0, 0.05) is 18.2 Å². The molecular weight excluding hydrogens is 306 g/mol. The molecule has 0 unspecified atom stereocenters. The quantitative estimate of drug-likeness (QED) is 0.606. The van der Waals surface area contributed by atoms with Crippen molar-refractivity contribution in [3.8, 4) is 5.75 Å². The molecule has 0 heterocycles. The highest BCUT2D eigenvalue weighted by molar-refractivity contribution is 5.87. The van der Waals surface area contributed by atoms with E-state index in [0.717, 1.165) is 18.7 Å². The van der Waals surface area contributed by atoms with E-state index in [9.17, 15) is 0 Å². The van der Waals surface area contributed by atoms with Crippen molar-refractivity contribution < 1.29 is 4.74 Å². The molecule has 2 nitrogen and oxygen atoms in total. The molecule has 3 aromatic carbocycles. The summed E-state index contributed by atoms with van der Waals surface area (Å²) >= 11 is 0. The van der Waals surface area contributed by atoms with Gasteiger partial charge >= 0.3 is 0 Å². The van der Waals surface area contributed by atoms with Crippen molar-refractivity contribution in [3.05, 3.63) is 77.4 Å². The molecule has 0 amide bonds. The van der Waals surface area contributed by atoms with Crippen molar-refractivity contribution >= 4 is 10.8 Å². The van der Waals surface area contributed by atoms with Crippen LogP contribution in [0.15, 0.2) is 60.7 Å². The maximum atomic E-state index is 6.20. The number of hydrogen-bond donors (Lipinski definition) is 1. The van der Waals surface area contributed by atoms with E-state index in [1.54, 1.807) is 0 Å². The molecule has 0 spiro atoms. The number of aryl methyl sites for hydroxylation is 1. The molecule has 0 aromatic heterocycles. The first-order valence-electron chi connectivity index (χ1n) is 9.09. The van der Waals surface area contributed by atoms with Gasteiger partial charge in [0.1, 0.15) is 12.4 Å². The molecule has 0 fully saturated rings. The van der Waals surface area contributed by atoms with Gasteiger partial charge in [-0.1, -0.05) is 67.1 Å². The van der Waals surface area contributed by atoms with Crippen LogP contribution in [0.5, 0.6) is 5.75 Å². The molecule has 0 aliphatic heterocycles. The molecule has 2 heteroatoms. The zero-order valence-electron chi connectivity index (χ0n) is 15.4. The number of ether oxygens (including phenoxy) is 1. The summed E-state index contributed by atoms with van der Waals surface area (Å²) in [5.74, 6) is 0.968. The molecule has 1 atom stereocenters. The minimum atomic E-state index is 0.490. The molecular formula is C23H27NO. The van der Waals surface area contributed by atoms with Crippen molar-refractivity contribution in [2.75, 3.05) is 0 Å². The van der Waals surface area contributed by atoms with Gasteiger partial charge in [-0.05, 0) is 42.7 Å². The Morgan fingerprint density at radius 3 is 2.48 bits per heavy atom. The average molecular weight is 333 g/mol. The maximum Gasteiger partial charge on any atom is 0.124 e. The molecule has 0 saturated carbocycles. The second-order valence-corrected chi connectivity index (χ2v) is 6.73. The molecule has 3 aromatic rings. The fourth-order valence-corrected chi connectivity index (χ4v) is 2.90. The summed E-state index contributed by atoms with van der Waals surface area (Å²) in [5.41, 5.74) is 3.71. The van der Waals surface area contributed by atoms with Gasteiger partial charge in [-0.25, -0.2) is 0 Å². The molecule has 0 aliphatic carbocycles.